The van der Waals surface area contributed by atoms with Crippen LogP contribution in [0.3, 0.4) is 0 Å². The van der Waals surface area contributed by atoms with Crippen LogP contribution in [0.2, 0.25) is 0 Å². The van der Waals surface area contributed by atoms with E-state index in [1.54, 1.807) is 23.2 Å². The van der Waals surface area contributed by atoms with E-state index < -0.39 is 0 Å². The second-order valence-electron chi connectivity index (χ2n) is 5.34. The lowest BCUT2D eigenvalue weighted by Crippen LogP contribution is -2.39. The Labute approximate surface area is 122 Å². The highest BCUT2D eigenvalue weighted by Crippen LogP contribution is 2.08. The van der Waals surface area contributed by atoms with Gasteiger partial charge in [-0.3, -0.25) is 9.20 Å². The summed E-state index contributed by atoms with van der Waals surface area (Å²) in [6, 6.07) is 5.65. The summed E-state index contributed by atoms with van der Waals surface area (Å²) in [5.41, 5.74) is 0.395. The first-order chi connectivity index (χ1) is 10.2. The van der Waals surface area contributed by atoms with Crippen molar-refractivity contribution in [2.24, 2.45) is 0 Å². The molecule has 0 aromatic carbocycles. The molecule has 3 heterocycles. The molecule has 0 radical (unpaired) electrons. The zero-order chi connectivity index (χ0) is 14.8. The monoisotopic (exact) mass is 289 g/mol. The summed E-state index contributed by atoms with van der Waals surface area (Å²) >= 11 is 0. The highest BCUT2D eigenvalue weighted by Gasteiger charge is 2.23. The maximum Gasteiger partial charge on any atom is 0.350 e. The zero-order valence-electron chi connectivity index (χ0n) is 12.0. The van der Waals surface area contributed by atoms with E-state index in [9.17, 15) is 9.59 Å². The molecule has 0 bridgehead atoms. The molecule has 1 aliphatic heterocycles. The number of pyridine rings is 1. The first kappa shape index (κ1) is 13.8. The molecule has 0 aliphatic carbocycles. The summed E-state index contributed by atoms with van der Waals surface area (Å²) < 4.78 is 2.84. The molecule has 0 spiro atoms. The third-order valence-corrected chi connectivity index (χ3v) is 4.00. The van der Waals surface area contributed by atoms with Gasteiger partial charge in [-0.15, -0.1) is 5.10 Å². The first-order valence-electron chi connectivity index (χ1n) is 7.17. The van der Waals surface area contributed by atoms with Crippen molar-refractivity contribution in [1.82, 2.24) is 24.4 Å². The fraction of sp³-hybridized carbons (Fsp3) is 0.500. The first-order valence-corrected chi connectivity index (χ1v) is 7.17. The average Bonchev–Trinajstić information content (AvgIpc) is 3.13. The topological polar surface area (TPSA) is 71.6 Å². The number of nitrogens with zero attached hydrogens (tertiary/aromatic N) is 4. The fourth-order valence-electron chi connectivity index (χ4n) is 2.67. The minimum absolute atomic E-state index is 0.0488. The molecule has 1 amide bonds. The molecular weight excluding hydrogens is 270 g/mol. The van der Waals surface area contributed by atoms with Gasteiger partial charge in [-0.05, 0) is 25.1 Å². The molecule has 7 nitrogen and oxygen atoms in total. The number of fused-ring (bicyclic) bond motifs is 1. The van der Waals surface area contributed by atoms with Crippen LogP contribution in [0.4, 0.5) is 0 Å². The number of aromatic nitrogens is 3. The van der Waals surface area contributed by atoms with Crippen molar-refractivity contribution in [3.05, 3.63) is 34.9 Å². The smallest absolute Gasteiger partial charge is 0.341 e. The van der Waals surface area contributed by atoms with Crippen LogP contribution in [-0.4, -0.2) is 51.2 Å². The van der Waals surface area contributed by atoms with Crippen molar-refractivity contribution in [1.29, 1.82) is 0 Å². The molecule has 2 aromatic rings. The minimum Gasteiger partial charge on any atom is -0.341 e. The maximum absolute atomic E-state index is 12.2. The quantitative estimate of drug-likeness (QED) is 0.839. The molecule has 1 fully saturated rings. The molecule has 1 N–H and O–H groups in total. The van der Waals surface area contributed by atoms with Gasteiger partial charge in [0.25, 0.3) is 0 Å². The van der Waals surface area contributed by atoms with Gasteiger partial charge in [0.05, 0.1) is 6.54 Å². The Bertz CT molecular complexity index is 699. The number of carbonyl (C=O) groups excluding carboxylic acids is 1. The van der Waals surface area contributed by atoms with Crippen LogP contribution in [-0.2, 0) is 11.3 Å². The standard InChI is InChI=1S/C14H19N5O2/c1-17(11-5-7-15-10-11)13(20)6-9-19-14(21)18-8-3-2-4-12(18)16-19/h2-4,8,11,15H,5-7,9-10H2,1H3. The molecule has 3 rings (SSSR count). The Morgan fingerprint density at radius 1 is 1.52 bits per heavy atom. The van der Waals surface area contributed by atoms with Crippen molar-refractivity contribution in [3.8, 4) is 0 Å². The molecule has 1 unspecified atom stereocenters. The molecule has 1 aliphatic rings. The third kappa shape index (κ3) is 2.69. The number of likely N-dealkylation sites (N-methyl/N-ethyl adjacent to an activating group) is 1. The van der Waals surface area contributed by atoms with Gasteiger partial charge >= 0.3 is 5.69 Å². The second kappa shape index (κ2) is 5.69. The van der Waals surface area contributed by atoms with Gasteiger partial charge in [0.1, 0.15) is 0 Å². The largest absolute Gasteiger partial charge is 0.350 e. The molecule has 0 saturated carbocycles. The van der Waals surface area contributed by atoms with Gasteiger partial charge in [0.15, 0.2) is 5.65 Å². The number of hydrogen-bond donors (Lipinski definition) is 1. The Kier molecular flexibility index (Phi) is 3.74. The normalized spacial score (nSPS) is 18.2. The molecule has 112 valence electrons. The Morgan fingerprint density at radius 3 is 3.10 bits per heavy atom. The lowest BCUT2D eigenvalue weighted by Gasteiger charge is -2.23. The van der Waals surface area contributed by atoms with Crippen molar-refractivity contribution in [2.75, 3.05) is 20.1 Å². The summed E-state index contributed by atoms with van der Waals surface area (Å²) in [7, 11) is 1.83. The van der Waals surface area contributed by atoms with Crippen molar-refractivity contribution < 1.29 is 4.79 Å². The van der Waals surface area contributed by atoms with Crippen LogP contribution >= 0.6 is 0 Å². The summed E-state index contributed by atoms with van der Waals surface area (Å²) in [6.45, 7) is 2.11. The van der Waals surface area contributed by atoms with E-state index in [1.165, 1.54) is 9.08 Å². The van der Waals surface area contributed by atoms with E-state index in [2.05, 4.69) is 10.4 Å². The van der Waals surface area contributed by atoms with Gasteiger partial charge in [0.2, 0.25) is 5.91 Å². The van der Waals surface area contributed by atoms with Crippen molar-refractivity contribution in [2.45, 2.75) is 25.4 Å². The maximum atomic E-state index is 12.2. The van der Waals surface area contributed by atoms with Crippen LogP contribution in [0.1, 0.15) is 12.8 Å². The van der Waals surface area contributed by atoms with Crippen LogP contribution in [0.25, 0.3) is 5.65 Å². The number of nitrogens with one attached hydrogen (secondary N) is 1. The third-order valence-electron chi connectivity index (χ3n) is 4.00. The highest BCUT2D eigenvalue weighted by atomic mass is 16.2. The number of rotatable bonds is 4. The molecule has 21 heavy (non-hydrogen) atoms. The van der Waals surface area contributed by atoms with E-state index in [0.29, 0.717) is 12.2 Å². The van der Waals surface area contributed by atoms with Crippen LogP contribution < -0.4 is 11.0 Å². The SMILES string of the molecule is CN(C(=O)CCn1nc2ccccn2c1=O)C1CCNC1. The van der Waals surface area contributed by atoms with Gasteiger partial charge in [-0.2, -0.15) is 0 Å². The van der Waals surface area contributed by atoms with E-state index in [-0.39, 0.29) is 24.1 Å². The van der Waals surface area contributed by atoms with Gasteiger partial charge in [-0.25, -0.2) is 9.48 Å². The average molecular weight is 289 g/mol. The lowest BCUT2D eigenvalue weighted by atomic mass is 10.2. The summed E-state index contributed by atoms with van der Waals surface area (Å²) in [5.74, 6) is 0.0488. The molecular formula is C14H19N5O2. The van der Waals surface area contributed by atoms with Crippen LogP contribution in [0.5, 0.6) is 0 Å². The lowest BCUT2D eigenvalue weighted by molar-refractivity contribution is -0.131. The Balaban J connectivity index is 1.67. The van der Waals surface area contributed by atoms with Gasteiger partial charge in [-0.1, -0.05) is 6.07 Å². The Morgan fingerprint density at radius 2 is 2.38 bits per heavy atom. The molecule has 1 saturated heterocycles. The predicted molar refractivity (Wildman–Crippen MR) is 78.1 cm³/mol. The van der Waals surface area contributed by atoms with Crippen LogP contribution in [0, 0.1) is 0 Å². The van der Waals surface area contributed by atoms with E-state index in [4.69, 9.17) is 0 Å². The summed E-state index contributed by atoms with van der Waals surface area (Å²) in [6.07, 6.45) is 2.95. The molecule has 2 aromatic heterocycles. The zero-order valence-corrected chi connectivity index (χ0v) is 12.0. The fourth-order valence-corrected chi connectivity index (χ4v) is 2.67. The van der Waals surface area contributed by atoms with E-state index >= 15 is 0 Å². The van der Waals surface area contributed by atoms with E-state index in [0.717, 1.165) is 19.5 Å². The number of aryl methyl sites for hydroxylation is 1. The van der Waals surface area contributed by atoms with Crippen molar-refractivity contribution >= 4 is 11.6 Å². The van der Waals surface area contributed by atoms with E-state index in [1.807, 2.05) is 13.1 Å². The number of hydrogen-bond acceptors (Lipinski definition) is 4. The molecule has 7 heteroatoms. The predicted octanol–water partition coefficient (Wildman–Crippen LogP) is -0.294. The summed E-state index contributed by atoms with van der Waals surface area (Å²) in [5, 5.41) is 7.47. The Hall–Kier alpha value is -2.15. The van der Waals surface area contributed by atoms with Gasteiger partial charge < -0.3 is 10.2 Å². The van der Waals surface area contributed by atoms with Crippen molar-refractivity contribution in [3.63, 3.8) is 0 Å². The second-order valence-corrected chi connectivity index (χ2v) is 5.34. The number of carbonyl (C=O) groups is 1. The minimum atomic E-state index is -0.205. The summed E-state index contributed by atoms with van der Waals surface area (Å²) in [4.78, 5) is 26.1. The highest BCUT2D eigenvalue weighted by molar-refractivity contribution is 5.76. The van der Waals surface area contributed by atoms with Crippen LogP contribution in [0.15, 0.2) is 29.2 Å². The van der Waals surface area contributed by atoms with Gasteiger partial charge in [0, 0.05) is 32.3 Å². The number of amides is 1. The molecule has 1 atom stereocenters.